The van der Waals surface area contributed by atoms with Crippen LogP contribution in [0.1, 0.15) is 43.5 Å². The molecule has 1 amide bonds. The third kappa shape index (κ3) is 6.07. The van der Waals surface area contributed by atoms with Crippen LogP contribution in [0.15, 0.2) is 48.5 Å². The molecule has 2 N–H and O–H groups in total. The number of hydrogen-bond donors (Lipinski definition) is 2. The topological polar surface area (TPSA) is 89.1 Å². The van der Waals surface area contributed by atoms with Crippen molar-refractivity contribution in [3.8, 4) is 11.5 Å². The highest BCUT2D eigenvalue weighted by molar-refractivity contribution is 5.77. The molecular formula is C23H28N4O3. The SMILES string of the molecule is COc1ccc(CNC(=O)Cc2n[nH]c(COc3ccc(C(C)(C)C)cc3)n2)cc1. The van der Waals surface area contributed by atoms with Gasteiger partial charge in [0.25, 0.3) is 0 Å². The minimum absolute atomic E-state index is 0.103. The number of ether oxygens (including phenoxy) is 2. The fourth-order valence-electron chi connectivity index (χ4n) is 2.83. The van der Waals surface area contributed by atoms with Crippen LogP contribution in [0.5, 0.6) is 11.5 Å². The van der Waals surface area contributed by atoms with Crippen LogP contribution >= 0.6 is 0 Å². The summed E-state index contributed by atoms with van der Waals surface area (Å²) in [5, 5.41) is 9.79. The average molecular weight is 409 g/mol. The zero-order valence-electron chi connectivity index (χ0n) is 17.9. The molecule has 30 heavy (non-hydrogen) atoms. The molecule has 0 bridgehead atoms. The first-order valence-corrected chi connectivity index (χ1v) is 9.86. The monoisotopic (exact) mass is 408 g/mol. The smallest absolute Gasteiger partial charge is 0.228 e. The number of H-pyrrole nitrogens is 1. The molecular weight excluding hydrogens is 380 g/mol. The third-order valence-electron chi connectivity index (χ3n) is 4.64. The molecule has 0 saturated heterocycles. The van der Waals surface area contributed by atoms with E-state index in [1.165, 1.54) is 5.56 Å². The molecule has 0 spiro atoms. The largest absolute Gasteiger partial charge is 0.497 e. The number of nitrogens with one attached hydrogen (secondary N) is 2. The van der Waals surface area contributed by atoms with Gasteiger partial charge in [0.05, 0.1) is 13.5 Å². The Kier molecular flexibility index (Phi) is 6.72. The molecule has 0 radical (unpaired) electrons. The number of amides is 1. The average Bonchev–Trinajstić information content (AvgIpc) is 3.18. The maximum atomic E-state index is 12.1. The first-order chi connectivity index (χ1) is 14.3. The number of nitrogens with zero attached hydrogens (tertiary/aromatic N) is 2. The van der Waals surface area contributed by atoms with Crippen molar-refractivity contribution in [2.75, 3.05) is 7.11 Å². The molecule has 0 atom stereocenters. The van der Waals surface area contributed by atoms with Gasteiger partial charge in [-0.2, -0.15) is 5.10 Å². The first kappa shape index (κ1) is 21.4. The van der Waals surface area contributed by atoms with Crippen LogP contribution in [-0.2, 0) is 29.8 Å². The van der Waals surface area contributed by atoms with Crippen molar-refractivity contribution in [3.05, 3.63) is 71.3 Å². The predicted molar refractivity (Wildman–Crippen MR) is 114 cm³/mol. The van der Waals surface area contributed by atoms with Gasteiger partial charge in [-0.25, -0.2) is 4.98 Å². The van der Waals surface area contributed by atoms with Gasteiger partial charge in [0.15, 0.2) is 11.6 Å². The predicted octanol–water partition coefficient (Wildman–Crippen LogP) is 3.55. The molecule has 0 aliphatic rings. The lowest BCUT2D eigenvalue weighted by atomic mass is 9.87. The van der Waals surface area contributed by atoms with Gasteiger partial charge in [0, 0.05) is 6.54 Å². The van der Waals surface area contributed by atoms with Crippen LogP contribution in [0.2, 0.25) is 0 Å². The van der Waals surface area contributed by atoms with Crippen molar-refractivity contribution in [2.45, 2.75) is 45.8 Å². The Morgan fingerprint density at radius 2 is 1.70 bits per heavy atom. The van der Waals surface area contributed by atoms with Gasteiger partial charge < -0.3 is 14.8 Å². The second kappa shape index (κ2) is 9.43. The molecule has 1 aromatic heterocycles. The summed E-state index contributed by atoms with van der Waals surface area (Å²) in [6.45, 7) is 7.22. The number of rotatable bonds is 8. The van der Waals surface area contributed by atoms with Gasteiger partial charge in [-0.3, -0.25) is 9.89 Å². The molecule has 7 heteroatoms. The Morgan fingerprint density at radius 1 is 1.03 bits per heavy atom. The van der Waals surface area contributed by atoms with E-state index in [2.05, 4.69) is 53.4 Å². The minimum atomic E-state index is -0.143. The molecule has 7 nitrogen and oxygen atoms in total. The van der Waals surface area contributed by atoms with Gasteiger partial charge >= 0.3 is 0 Å². The fraction of sp³-hybridized carbons (Fsp3) is 0.348. The van der Waals surface area contributed by atoms with Crippen LogP contribution in [0.3, 0.4) is 0 Å². The highest BCUT2D eigenvalue weighted by Crippen LogP contribution is 2.24. The summed E-state index contributed by atoms with van der Waals surface area (Å²) < 4.78 is 10.9. The summed E-state index contributed by atoms with van der Waals surface area (Å²) in [6.07, 6.45) is 0.104. The van der Waals surface area contributed by atoms with Crippen LogP contribution in [0.4, 0.5) is 0 Å². The van der Waals surface area contributed by atoms with Crippen molar-refractivity contribution < 1.29 is 14.3 Å². The van der Waals surface area contributed by atoms with Crippen LogP contribution in [0, 0.1) is 0 Å². The Balaban J connectivity index is 1.45. The van der Waals surface area contributed by atoms with Gasteiger partial charge in [-0.05, 0) is 40.8 Å². The molecule has 0 aliphatic heterocycles. The van der Waals surface area contributed by atoms with E-state index >= 15 is 0 Å². The van der Waals surface area contributed by atoms with Gasteiger partial charge in [0.1, 0.15) is 18.1 Å². The lowest BCUT2D eigenvalue weighted by Crippen LogP contribution is -2.25. The zero-order valence-corrected chi connectivity index (χ0v) is 17.9. The molecule has 0 saturated carbocycles. The van der Waals surface area contributed by atoms with Crippen LogP contribution < -0.4 is 14.8 Å². The van der Waals surface area contributed by atoms with E-state index in [9.17, 15) is 4.79 Å². The number of carbonyl (C=O) groups is 1. The summed E-state index contributed by atoms with van der Waals surface area (Å²) in [6, 6.07) is 15.6. The first-order valence-electron chi connectivity index (χ1n) is 9.86. The molecule has 2 aromatic carbocycles. The standard InChI is InChI=1S/C23H28N4O3/c1-23(2,3)17-7-11-19(12-8-17)30-15-21-25-20(26-27-21)13-22(28)24-14-16-5-9-18(29-4)10-6-16/h5-12H,13-15H2,1-4H3,(H,24,28)(H,25,26,27). The van der Waals surface area contributed by atoms with Gasteiger partial charge in [0.2, 0.25) is 5.91 Å². The minimum Gasteiger partial charge on any atom is -0.497 e. The number of benzene rings is 2. The summed E-state index contributed by atoms with van der Waals surface area (Å²) in [7, 11) is 1.62. The van der Waals surface area contributed by atoms with E-state index in [0.29, 0.717) is 18.2 Å². The van der Waals surface area contributed by atoms with E-state index in [0.717, 1.165) is 17.1 Å². The van der Waals surface area contributed by atoms with E-state index in [1.54, 1.807) is 7.11 Å². The van der Waals surface area contributed by atoms with E-state index in [4.69, 9.17) is 9.47 Å². The van der Waals surface area contributed by atoms with Gasteiger partial charge in [-0.15, -0.1) is 0 Å². The molecule has 1 heterocycles. The second-order valence-electron chi connectivity index (χ2n) is 8.06. The number of aromatic amines is 1. The maximum absolute atomic E-state index is 12.1. The Hall–Kier alpha value is -3.35. The van der Waals surface area contributed by atoms with Crippen molar-refractivity contribution >= 4 is 5.91 Å². The molecule has 0 unspecified atom stereocenters. The number of aromatic nitrogens is 3. The third-order valence-corrected chi connectivity index (χ3v) is 4.64. The molecule has 0 aliphatic carbocycles. The number of methoxy groups -OCH3 is 1. The van der Waals surface area contributed by atoms with Crippen molar-refractivity contribution in [3.63, 3.8) is 0 Å². The van der Waals surface area contributed by atoms with Crippen molar-refractivity contribution in [1.29, 1.82) is 0 Å². The molecule has 3 rings (SSSR count). The summed E-state index contributed by atoms with van der Waals surface area (Å²) in [4.78, 5) is 16.5. The zero-order chi connectivity index (χ0) is 21.6. The lowest BCUT2D eigenvalue weighted by Gasteiger charge is -2.19. The Labute approximate surface area is 176 Å². The quantitative estimate of drug-likeness (QED) is 0.595. The summed E-state index contributed by atoms with van der Waals surface area (Å²) in [5.74, 6) is 2.41. The van der Waals surface area contributed by atoms with E-state index in [-0.39, 0.29) is 24.3 Å². The Bertz CT molecular complexity index is 957. The lowest BCUT2D eigenvalue weighted by molar-refractivity contribution is -0.120. The highest BCUT2D eigenvalue weighted by Gasteiger charge is 2.13. The maximum Gasteiger partial charge on any atom is 0.228 e. The molecule has 3 aromatic rings. The fourth-order valence-corrected chi connectivity index (χ4v) is 2.83. The van der Waals surface area contributed by atoms with Crippen molar-refractivity contribution in [1.82, 2.24) is 20.5 Å². The van der Waals surface area contributed by atoms with Crippen LogP contribution in [-0.4, -0.2) is 28.2 Å². The number of carbonyl (C=O) groups excluding carboxylic acids is 1. The molecule has 158 valence electrons. The normalized spacial score (nSPS) is 11.2. The van der Waals surface area contributed by atoms with Gasteiger partial charge in [-0.1, -0.05) is 45.0 Å². The Morgan fingerprint density at radius 3 is 2.33 bits per heavy atom. The van der Waals surface area contributed by atoms with E-state index < -0.39 is 0 Å². The second-order valence-corrected chi connectivity index (χ2v) is 8.06. The van der Waals surface area contributed by atoms with E-state index in [1.807, 2.05) is 36.4 Å². The molecule has 0 fully saturated rings. The summed E-state index contributed by atoms with van der Waals surface area (Å²) in [5.41, 5.74) is 2.34. The highest BCUT2D eigenvalue weighted by atomic mass is 16.5. The number of hydrogen-bond acceptors (Lipinski definition) is 5. The van der Waals surface area contributed by atoms with Crippen LogP contribution in [0.25, 0.3) is 0 Å². The van der Waals surface area contributed by atoms with Crippen molar-refractivity contribution in [2.24, 2.45) is 0 Å². The summed E-state index contributed by atoms with van der Waals surface area (Å²) >= 11 is 0.